The molecule has 140 valence electrons. The first-order valence-electron chi connectivity index (χ1n) is 8.43. The molecule has 27 heavy (non-hydrogen) atoms. The number of hydrogen-bond acceptors (Lipinski definition) is 6. The summed E-state index contributed by atoms with van der Waals surface area (Å²) in [6, 6.07) is 8.85. The molecule has 9 heteroatoms. The highest BCUT2D eigenvalue weighted by molar-refractivity contribution is 7.13. The number of aromatic nitrogens is 2. The molecule has 1 fully saturated rings. The summed E-state index contributed by atoms with van der Waals surface area (Å²) in [6.07, 6.45) is 0. The number of rotatable bonds is 4. The predicted molar refractivity (Wildman–Crippen MR) is 105 cm³/mol. The molecule has 1 saturated heterocycles. The van der Waals surface area contributed by atoms with Crippen LogP contribution in [0.5, 0.6) is 0 Å². The van der Waals surface area contributed by atoms with Crippen molar-refractivity contribution in [3.8, 4) is 10.7 Å². The highest BCUT2D eigenvalue weighted by Gasteiger charge is 2.25. The van der Waals surface area contributed by atoms with E-state index in [0.29, 0.717) is 47.0 Å². The number of carbonyl (C=O) groups is 1. The minimum absolute atomic E-state index is 0.0973. The van der Waals surface area contributed by atoms with Crippen molar-refractivity contribution in [2.45, 2.75) is 6.54 Å². The fraction of sp³-hybridized carbons (Fsp3) is 0.278. The van der Waals surface area contributed by atoms with E-state index in [0.717, 1.165) is 18.0 Å². The summed E-state index contributed by atoms with van der Waals surface area (Å²) in [5, 5.41) is 6.93. The lowest BCUT2D eigenvalue weighted by molar-refractivity contribution is 0.0615. The highest BCUT2D eigenvalue weighted by Crippen LogP contribution is 2.24. The van der Waals surface area contributed by atoms with E-state index in [1.807, 2.05) is 17.5 Å². The lowest BCUT2D eigenvalue weighted by Gasteiger charge is -2.34. The molecule has 1 aliphatic rings. The molecule has 0 N–H and O–H groups in total. The minimum atomic E-state index is -0.0973. The maximum absolute atomic E-state index is 12.7. The van der Waals surface area contributed by atoms with E-state index in [1.54, 1.807) is 34.4 Å². The lowest BCUT2D eigenvalue weighted by atomic mass is 10.1. The van der Waals surface area contributed by atoms with E-state index in [-0.39, 0.29) is 5.91 Å². The Morgan fingerprint density at radius 2 is 2.00 bits per heavy atom. The Morgan fingerprint density at radius 3 is 2.74 bits per heavy atom. The zero-order valence-corrected chi connectivity index (χ0v) is 16.6. The van der Waals surface area contributed by atoms with Gasteiger partial charge in [0.05, 0.1) is 22.0 Å². The molecule has 0 atom stereocenters. The van der Waals surface area contributed by atoms with Crippen LogP contribution in [-0.2, 0) is 6.54 Å². The van der Waals surface area contributed by atoms with Gasteiger partial charge in [0, 0.05) is 31.2 Å². The second-order valence-electron chi connectivity index (χ2n) is 6.18. The summed E-state index contributed by atoms with van der Waals surface area (Å²) >= 11 is 13.7. The summed E-state index contributed by atoms with van der Waals surface area (Å²) in [7, 11) is 0. The number of piperazine rings is 1. The Kier molecular flexibility index (Phi) is 5.45. The van der Waals surface area contributed by atoms with Gasteiger partial charge in [0.1, 0.15) is 0 Å². The van der Waals surface area contributed by atoms with E-state index < -0.39 is 0 Å². The van der Waals surface area contributed by atoms with E-state index in [9.17, 15) is 4.79 Å². The molecule has 3 aromatic rings. The van der Waals surface area contributed by atoms with Crippen molar-refractivity contribution < 1.29 is 9.32 Å². The quantitative estimate of drug-likeness (QED) is 0.633. The molecule has 1 aliphatic heterocycles. The Balaban J connectivity index is 1.35. The number of carbonyl (C=O) groups excluding carboxylic acids is 1. The maximum Gasteiger partial charge on any atom is 0.255 e. The van der Waals surface area contributed by atoms with Crippen molar-refractivity contribution in [2.75, 3.05) is 26.2 Å². The van der Waals surface area contributed by atoms with E-state index in [4.69, 9.17) is 27.7 Å². The van der Waals surface area contributed by atoms with E-state index >= 15 is 0 Å². The van der Waals surface area contributed by atoms with Crippen LogP contribution in [0.15, 0.2) is 40.2 Å². The number of halogens is 2. The second-order valence-corrected chi connectivity index (χ2v) is 7.97. The van der Waals surface area contributed by atoms with Crippen LogP contribution < -0.4 is 0 Å². The van der Waals surface area contributed by atoms with Crippen molar-refractivity contribution in [1.29, 1.82) is 0 Å². The lowest BCUT2D eigenvalue weighted by Crippen LogP contribution is -2.48. The Morgan fingerprint density at radius 1 is 1.19 bits per heavy atom. The van der Waals surface area contributed by atoms with Gasteiger partial charge in [-0.3, -0.25) is 9.69 Å². The van der Waals surface area contributed by atoms with Gasteiger partial charge < -0.3 is 9.42 Å². The van der Waals surface area contributed by atoms with E-state index in [1.165, 1.54) is 0 Å². The Labute approximate surface area is 170 Å². The van der Waals surface area contributed by atoms with Gasteiger partial charge in [-0.2, -0.15) is 4.98 Å². The zero-order valence-electron chi connectivity index (χ0n) is 14.3. The summed E-state index contributed by atoms with van der Waals surface area (Å²) in [6.45, 7) is 3.22. The molecule has 0 unspecified atom stereocenters. The smallest absolute Gasteiger partial charge is 0.255 e. The number of thiophene rings is 1. The zero-order chi connectivity index (χ0) is 18.8. The molecule has 0 aliphatic carbocycles. The molecule has 2 aromatic heterocycles. The molecule has 0 spiro atoms. The van der Waals surface area contributed by atoms with Gasteiger partial charge in [-0.15, -0.1) is 11.3 Å². The first-order valence-corrected chi connectivity index (χ1v) is 10.1. The first-order chi connectivity index (χ1) is 13.1. The van der Waals surface area contributed by atoms with Gasteiger partial charge in [0.2, 0.25) is 11.7 Å². The number of amides is 1. The second kappa shape index (κ2) is 7.98. The average molecular weight is 423 g/mol. The van der Waals surface area contributed by atoms with Crippen molar-refractivity contribution in [3.05, 3.63) is 57.2 Å². The topological polar surface area (TPSA) is 62.5 Å². The van der Waals surface area contributed by atoms with Gasteiger partial charge in [0.15, 0.2) is 0 Å². The van der Waals surface area contributed by atoms with Crippen LogP contribution in [0.4, 0.5) is 0 Å². The van der Waals surface area contributed by atoms with Crippen LogP contribution in [0.2, 0.25) is 10.0 Å². The molecule has 4 rings (SSSR count). The normalized spacial score (nSPS) is 15.3. The van der Waals surface area contributed by atoms with Crippen LogP contribution in [0.3, 0.4) is 0 Å². The average Bonchev–Trinajstić information content (AvgIpc) is 3.35. The number of benzene rings is 1. The summed E-state index contributed by atoms with van der Waals surface area (Å²) < 4.78 is 5.35. The molecule has 3 heterocycles. The third-order valence-electron chi connectivity index (χ3n) is 4.39. The summed E-state index contributed by atoms with van der Waals surface area (Å²) in [4.78, 5) is 22.1. The number of hydrogen-bond donors (Lipinski definition) is 0. The molecule has 0 radical (unpaired) electrons. The fourth-order valence-corrected chi connectivity index (χ4v) is 3.98. The molecule has 0 saturated carbocycles. The standard InChI is InChI=1S/C18H16Cl2N4O2S/c19-12-3-4-14(20)13(10-12)18(25)24-7-5-23(6-8-24)11-16-21-17(22-26-16)15-2-1-9-27-15/h1-4,9-10H,5-8,11H2. The van der Waals surface area contributed by atoms with Crippen LogP contribution in [-0.4, -0.2) is 52.0 Å². The van der Waals surface area contributed by atoms with Crippen molar-refractivity contribution in [2.24, 2.45) is 0 Å². The van der Waals surface area contributed by atoms with Crippen molar-refractivity contribution >= 4 is 40.4 Å². The van der Waals surface area contributed by atoms with Crippen LogP contribution in [0.25, 0.3) is 10.7 Å². The van der Waals surface area contributed by atoms with Crippen molar-refractivity contribution in [1.82, 2.24) is 19.9 Å². The SMILES string of the molecule is O=C(c1cc(Cl)ccc1Cl)N1CCN(Cc2nc(-c3cccs3)no2)CC1. The maximum atomic E-state index is 12.7. The van der Waals surface area contributed by atoms with Crippen LogP contribution in [0.1, 0.15) is 16.2 Å². The fourth-order valence-electron chi connectivity index (χ4n) is 2.96. The summed E-state index contributed by atoms with van der Waals surface area (Å²) in [5.41, 5.74) is 0.440. The predicted octanol–water partition coefficient (Wildman–Crippen LogP) is 4.06. The molecule has 1 amide bonds. The van der Waals surface area contributed by atoms with Gasteiger partial charge in [-0.05, 0) is 29.6 Å². The number of nitrogens with zero attached hydrogens (tertiary/aromatic N) is 4. The third kappa shape index (κ3) is 4.16. The molecular weight excluding hydrogens is 407 g/mol. The molecule has 0 bridgehead atoms. The first kappa shape index (κ1) is 18.4. The summed E-state index contributed by atoms with van der Waals surface area (Å²) in [5.74, 6) is 1.10. The monoisotopic (exact) mass is 422 g/mol. The Bertz CT molecular complexity index is 937. The highest BCUT2D eigenvalue weighted by atomic mass is 35.5. The van der Waals surface area contributed by atoms with E-state index in [2.05, 4.69) is 15.0 Å². The van der Waals surface area contributed by atoms with Gasteiger partial charge in [-0.1, -0.05) is 34.4 Å². The van der Waals surface area contributed by atoms with Gasteiger partial charge in [-0.25, -0.2) is 0 Å². The van der Waals surface area contributed by atoms with Crippen LogP contribution in [0, 0.1) is 0 Å². The molecule has 1 aromatic carbocycles. The largest absolute Gasteiger partial charge is 0.338 e. The Hall–Kier alpha value is -1.93. The molecule has 6 nitrogen and oxygen atoms in total. The van der Waals surface area contributed by atoms with Crippen molar-refractivity contribution in [3.63, 3.8) is 0 Å². The molecular formula is C18H16Cl2N4O2S. The van der Waals surface area contributed by atoms with Crippen LogP contribution >= 0.6 is 34.5 Å². The third-order valence-corrected chi connectivity index (χ3v) is 5.82. The minimum Gasteiger partial charge on any atom is -0.338 e. The van der Waals surface area contributed by atoms with Gasteiger partial charge >= 0.3 is 0 Å². The van der Waals surface area contributed by atoms with Gasteiger partial charge in [0.25, 0.3) is 5.91 Å².